The Morgan fingerprint density at radius 2 is 2.00 bits per heavy atom. The highest BCUT2D eigenvalue weighted by Crippen LogP contribution is 2.30. The molecule has 0 saturated heterocycles. The Kier molecular flexibility index (Phi) is 6.19. The second-order valence-electron chi connectivity index (χ2n) is 5.36. The second-order valence-corrected chi connectivity index (χ2v) is 6.58. The van der Waals surface area contributed by atoms with Gasteiger partial charge in [-0.05, 0) is 24.6 Å². The van der Waals surface area contributed by atoms with E-state index in [1.54, 1.807) is 18.2 Å². The molecule has 0 amide bonds. The maximum atomic E-state index is 6.23. The van der Waals surface area contributed by atoms with Crippen LogP contribution in [0.15, 0.2) is 30.6 Å². The first-order valence-electron chi connectivity index (χ1n) is 7.95. The van der Waals surface area contributed by atoms with Crippen molar-refractivity contribution in [1.82, 2.24) is 20.2 Å². The van der Waals surface area contributed by atoms with E-state index < -0.39 is 0 Å². The van der Waals surface area contributed by atoms with Crippen molar-refractivity contribution in [2.75, 3.05) is 18.5 Å². The Hall–Kier alpha value is -2.02. The van der Waals surface area contributed by atoms with Gasteiger partial charge in [0.1, 0.15) is 23.8 Å². The molecule has 9 heteroatoms. The molecule has 3 rings (SSSR count). The first-order chi connectivity index (χ1) is 12.6. The molecule has 2 N–H and O–H groups in total. The Bertz CT molecular complexity index is 900. The molecule has 0 atom stereocenters. The van der Waals surface area contributed by atoms with E-state index in [0.29, 0.717) is 39.9 Å². The number of aryl methyl sites for hydroxylation is 1. The summed E-state index contributed by atoms with van der Waals surface area (Å²) in [4.78, 5) is 8.26. The number of aromatic nitrogens is 4. The third-order valence-corrected chi connectivity index (χ3v) is 4.56. The molecule has 0 aliphatic heterocycles. The molecule has 0 aliphatic rings. The van der Waals surface area contributed by atoms with Gasteiger partial charge in [0, 0.05) is 16.7 Å². The van der Waals surface area contributed by atoms with Crippen LogP contribution in [0.1, 0.15) is 12.6 Å². The number of hydrogen-bond acceptors (Lipinski definition) is 5. The normalized spacial score (nSPS) is 10.8. The van der Waals surface area contributed by atoms with E-state index in [4.69, 9.17) is 39.5 Å². The third kappa shape index (κ3) is 4.38. The molecule has 6 nitrogen and oxygen atoms in total. The average molecular weight is 413 g/mol. The zero-order chi connectivity index (χ0) is 18.5. The number of ether oxygens (including phenoxy) is 1. The Morgan fingerprint density at radius 3 is 2.77 bits per heavy atom. The molecule has 3 aromatic rings. The number of hydrogen-bond donors (Lipinski definition) is 2. The topological polar surface area (TPSA) is 75.7 Å². The van der Waals surface area contributed by atoms with Crippen LogP contribution in [-0.2, 0) is 6.42 Å². The predicted octanol–water partition coefficient (Wildman–Crippen LogP) is 4.88. The third-order valence-electron chi connectivity index (χ3n) is 3.62. The largest absolute Gasteiger partial charge is 0.475 e. The van der Waals surface area contributed by atoms with Crippen molar-refractivity contribution < 1.29 is 4.74 Å². The van der Waals surface area contributed by atoms with Crippen LogP contribution in [0, 0.1) is 0 Å². The summed E-state index contributed by atoms with van der Waals surface area (Å²) in [5, 5.41) is 11.8. The van der Waals surface area contributed by atoms with E-state index >= 15 is 0 Å². The predicted molar refractivity (Wildman–Crippen MR) is 104 cm³/mol. The molecule has 0 unspecified atom stereocenters. The molecular weight excluding hydrogens is 397 g/mol. The monoisotopic (exact) mass is 411 g/mol. The molecule has 2 aromatic heterocycles. The van der Waals surface area contributed by atoms with Crippen LogP contribution in [0.3, 0.4) is 0 Å². The summed E-state index contributed by atoms with van der Waals surface area (Å²) in [7, 11) is 0. The van der Waals surface area contributed by atoms with Gasteiger partial charge >= 0.3 is 0 Å². The standard InChI is InChI=1S/C17H16Cl3N5O/c1-2-13-16(20)17(23-9-22-13)21-5-6-26-15-8-14(24-25-15)11-4-3-10(18)7-12(11)19/h3-4,7-9H,2,5-6H2,1H3,(H,24,25)(H,21,22,23). The average Bonchev–Trinajstić information content (AvgIpc) is 3.08. The smallest absolute Gasteiger partial charge is 0.233 e. The van der Waals surface area contributed by atoms with Crippen LogP contribution in [0.5, 0.6) is 5.88 Å². The van der Waals surface area contributed by atoms with Gasteiger partial charge in [0.2, 0.25) is 5.88 Å². The number of nitrogens with zero attached hydrogens (tertiary/aromatic N) is 3. The lowest BCUT2D eigenvalue weighted by Crippen LogP contribution is -2.13. The summed E-state index contributed by atoms with van der Waals surface area (Å²) in [6, 6.07) is 7.05. The quantitative estimate of drug-likeness (QED) is 0.541. The van der Waals surface area contributed by atoms with Gasteiger partial charge in [0.25, 0.3) is 0 Å². The zero-order valence-corrected chi connectivity index (χ0v) is 16.2. The highest BCUT2D eigenvalue weighted by Gasteiger charge is 2.10. The fourth-order valence-electron chi connectivity index (χ4n) is 2.32. The summed E-state index contributed by atoms with van der Waals surface area (Å²) < 4.78 is 5.63. The van der Waals surface area contributed by atoms with Crippen molar-refractivity contribution >= 4 is 40.6 Å². The van der Waals surface area contributed by atoms with Crippen LogP contribution >= 0.6 is 34.8 Å². The van der Waals surface area contributed by atoms with Gasteiger partial charge in [-0.2, -0.15) is 0 Å². The molecule has 0 aliphatic carbocycles. The molecule has 136 valence electrons. The number of aromatic amines is 1. The Balaban J connectivity index is 1.56. The van der Waals surface area contributed by atoms with Crippen molar-refractivity contribution in [2.24, 2.45) is 0 Å². The highest BCUT2D eigenvalue weighted by molar-refractivity contribution is 6.36. The van der Waals surface area contributed by atoms with Crippen LogP contribution < -0.4 is 10.1 Å². The van der Waals surface area contributed by atoms with Gasteiger partial charge in [-0.15, -0.1) is 5.10 Å². The van der Waals surface area contributed by atoms with E-state index in [0.717, 1.165) is 23.4 Å². The van der Waals surface area contributed by atoms with Crippen LogP contribution in [0.4, 0.5) is 5.82 Å². The van der Waals surface area contributed by atoms with Gasteiger partial charge < -0.3 is 10.1 Å². The molecular formula is C17H16Cl3N5O. The summed E-state index contributed by atoms with van der Waals surface area (Å²) in [6.07, 6.45) is 2.24. The Morgan fingerprint density at radius 1 is 1.15 bits per heavy atom. The maximum absolute atomic E-state index is 6.23. The van der Waals surface area contributed by atoms with E-state index in [1.165, 1.54) is 6.33 Å². The van der Waals surface area contributed by atoms with Crippen molar-refractivity contribution in [1.29, 1.82) is 0 Å². The van der Waals surface area contributed by atoms with Crippen molar-refractivity contribution in [3.8, 4) is 17.1 Å². The van der Waals surface area contributed by atoms with Crippen molar-refractivity contribution in [3.63, 3.8) is 0 Å². The molecule has 1 aromatic carbocycles. The first-order valence-corrected chi connectivity index (χ1v) is 9.08. The summed E-state index contributed by atoms with van der Waals surface area (Å²) in [5.74, 6) is 1.06. The highest BCUT2D eigenvalue weighted by atomic mass is 35.5. The van der Waals surface area contributed by atoms with E-state index in [9.17, 15) is 0 Å². The SMILES string of the molecule is CCc1ncnc(NCCOc2cc(-c3ccc(Cl)cc3Cl)[nH]n2)c1Cl. The minimum Gasteiger partial charge on any atom is -0.475 e. The van der Waals surface area contributed by atoms with Crippen LogP contribution in [0.25, 0.3) is 11.3 Å². The molecule has 0 bridgehead atoms. The van der Waals surface area contributed by atoms with Gasteiger partial charge in [-0.25, -0.2) is 9.97 Å². The number of benzene rings is 1. The van der Waals surface area contributed by atoms with E-state index in [-0.39, 0.29) is 0 Å². The van der Waals surface area contributed by atoms with Crippen molar-refractivity contribution in [2.45, 2.75) is 13.3 Å². The minimum atomic E-state index is 0.389. The van der Waals surface area contributed by atoms with Gasteiger partial charge in [0.05, 0.1) is 23.0 Å². The number of H-pyrrole nitrogens is 1. The van der Waals surface area contributed by atoms with Gasteiger partial charge in [-0.3, -0.25) is 5.10 Å². The lowest BCUT2D eigenvalue weighted by atomic mass is 10.1. The zero-order valence-electron chi connectivity index (χ0n) is 13.9. The van der Waals surface area contributed by atoms with Gasteiger partial charge in [-0.1, -0.05) is 41.7 Å². The second kappa shape index (κ2) is 8.58. The van der Waals surface area contributed by atoms with Crippen LogP contribution in [0.2, 0.25) is 15.1 Å². The van der Waals surface area contributed by atoms with Crippen molar-refractivity contribution in [3.05, 3.63) is 51.4 Å². The Labute approximate surface area is 165 Å². The lowest BCUT2D eigenvalue weighted by molar-refractivity contribution is 0.319. The molecule has 0 radical (unpaired) electrons. The minimum absolute atomic E-state index is 0.389. The van der Waals surface area contributed by atoms with Crippen LogP contribution in [-0.4, -0.2) is 33.3 Å². The number of nitrogens with one attached hydrogen (secondary N) is 2. The molecule has 0 saturated carbocycles. The summed E-state index contributed by atoms with van der Waals surface area (Å²) in [6.45, 7) is 2.90. The number of halogens is 3. The van der Waals surface area contributed by atoms with Gasteiger partial charge in [0.15, 0.2) is 0 Å². The molecule has 0 fully saturated rings. The van der Waals surface area contributed by atoms with E-state index in [1.807, 2.05) is 13.0 Å². The summed E-state index contributed by atoms with van der Waals surface area (Å²) >= 11 is 18.3. The molecule has 26 heavy (non-hydrogen) atoms. The first kappa shape index (κ1) is 18.8. The fourth-order valence-corrected chi connectivity index (χ4v) is 3.13. The van der Waals surface area contributed by atoms with E-state index in [2.05, 4.69) is 25.5 Å². The maximum Gasteiger partial charge on any atom is 0.233 e. The number of anilines is 1. The summed E-state index contributed by atoms with van der Waals surface area (Å²) in [5.41, 5.74) is 2.36. The lowest BCUT2D eigenvalue weighted by Gasteiger charge is -2.09. The fraction of sp³-hybridized carbons (Fsp3) is 0.235. The molecule has 0 spiro atoms. The number of rotatable bonds is 7. The molecule has 2 heterocycles.